The van der Waals surface area contributed by atoms with E-state index in [4.69, 9.17) is 8.92 Å². The molecule has 3 amide bonds. The summed E-state index contributed by atoms with van der Waals surface area (Å²) >= 11 is 1.57. The zero-order valence-electron chi connectivity index (χ0n) is 31.6. The first-order chi connectivity index (χ1) is 25.1. The van der Waals surface area contributed by atoms with Crippen LogP contribution in [0.1, 0.15) is 89.1 Å². The van der Waals surface area contributed by atoms with Crippen molar-refractivity contribution in [1.82, 2.24) is 20.5 Å². The third-order valence-corrected chi connectivity index (χ3v) is 11.6. The van der Waals surface area contributed by atoms with Crippen molar-refractivity contribution >= 4 is 39.2 Å². The van der Waals surface area contributed by atoms with E-state index in [9.17, 15) is 27.9 Å². The first kappa shape index (κ1) is 42.1. The highest BCUT2D eigenvalue weighted by Crippen LogP contribution is 2.29. The molecule has 290 valence electrons. The van der Waals surface area contributed by atoms with E-state index in [0.717, 1.165) is 46.5 Å². The molecule has 3 aromatic rings. The molecule has 0 saturated carbocycles. The summed E-state index contributed by atoms with van der Waals surface area (Å²) in [5.41, 5.74) is 5.03. The number of thiazole rings is 1. The number of unbranched alkanes of at least 4 members (excludes halogenated alkanes) is 3. The topological polar surface area (TPSA) is 164 Å². The number of β-amino-alcohol motifs (C(OH)–C–C–N with tert-alkyl or cyclic N) is 1. The van der Waals surface area contributed by atoms with Crippen molar-refractivity contribution in [2.75, 3.05) is 26.4 Å². The molecule has 3 N–H and O–H groups in total. The molecule has 1 aromatic heterocycles. The molecule has 2 heterocycles. The molecule has 4 rings (SSSR count). The van der Waals surface area contributed by atoms with Gasteiger partial charge in [0, 0.05) is 26.0 Å². The molecule has 0 aliphatic carbocycles. The van der Waals surface area contributed by atoms with Crippen LogP contribution in [-0.4, -0.2) is 85.7 Å². The van der Waals surface area contributed by atoms with Gasteiger partial charge < -0.3 is 25.4 Å². The first-order valence-electron chi connectivity index (χ1n) is 18.2. The number of amides is 3. The van der Waals surface area contributed by atoms with E-state index >= 15 is 0 Å². The second kappa shape index (κ2) is 19.1. The number of aliphatic hydroxyl groups excluding tert-OH is 1. The number of aryl methyl sites for hydroxylation is 2. The van der Waals surface area contributed by atoms with Crippen LogP contribution in [0, 0.1) is 19.3 Å². The summed E-state index contributed by atoms with van der Waals surface area (Å²) in [5, 5.41) is 16.4. The minimum absolute atomic E-state index is 0.00551. The van der Waals surface area contributed by atoms with E-state index in [-0.39, 0.29) is 55.4 Å². The van der Waals surface area contributed by atoms with Crippen molar-refractivity contribution in [2.45, 2.75) is 109 Å². The molecule has 2 aromatic carbocycles. The fraction of sp³-hybridized carbons (Fsp3) is 0.538. The Morgan fingerprint density at radius 2 is 1.62 bits per heavy atom. The van der Waals surface area contributed by atoms with Crippen molar-refractivity contribution in [3.8, 4) is 10.4 Å². The van der Waals surface area contributed by atoms with Crippen molar-refractivity contribution in [3.05, 3.63) is 70.9 Å². The number of hydrogen-bond acceptors (Lipinski definition) is 10. The van der Waals surface area contributed by atoms with E-state index in [1.54, 1.807) is 23.5 Å². The van der Waals surface area contributed by atoms with Gasteiger partial charge in [0.15, 0.2) is 0 Å². The molecule has 1 fully saturated rings. The molecule has 0 radical (unpaired) electrons. The second-order valence-corrected chi connectivity index (χ2v) is 17.2. The van der Waals surface area contributed by atoms with Crippen LogP contribution in [0.15, 0.2) is 58.9 Å². The van der Waals surface area contributed by atoms with E-state index in [0.29, 0.717) is 13.0 Å². The number of likely N-dealkylation sites (tertiary alicyclic amines) is 1. The molecule has 12 nitrogen and oxygen atoms in total. The molecule has 1 aliphatic rings. The predicted molar refractivity (Wildman–Crippen MR) is 205 cm³/mol. The number of carbonyl (C=O) groups is 3. The number of nitrogens with zero attached hydrogens (tertiary/aromatic N) is 2. The van der Waals surface area contributed by atoms with Crippen molar-refractivity contribution < 1.29 is 36.8 Å². The van der Waals surface area contributed by atoms with Crippen LogP contribution in [-0.2, 0) is 33.4 Å². The van der Waals surface area contributed by atoms with Gasteiger partial charge in [-0.05, 0) is 62.3 Å². The summed E-state index contributed by atoms with van der Waals surface area (Å²) in [4.78, 5) is 47.4. The van der Waals surface area contributed by atoms with Gasteiger partial charge in [0.05, 0.1) is 46.3 Å². The lowest BCUT2D eigenvalue weighted by Gasteiger charge is -2.35. The number of hydrogen-bond donors (Lipinski definition) is 3. The lowest BCUT2D eigenvalue weighted by molar-refractivity contribution is -0.144. The van der Waals surface area contributed by atoms with Gasteiger partial charge in [0.1, 0.15) is 12.1 Å². The Bertz CT molecular complexity index is 1770. The molecule has 14 heteroatoms. The fourth-order valence-electron chi connectivity index (χ4n) is 6.12. The molecule has 1 saturated heterocycles. The highest BCUT2D eigenvalue weighted by Gasteiger charge is 2.44. The van der Waals surface area contributed by atoms with Gasteiger partial charge in [-0.3, -0.25) is 18.6 Å². The van der Waals surface area contributed by atoms with Crippen LogP contribution in [0.4, 0.5) is 0 Å². The largest absolute Gasteiger partial charge is 0.391 e. The van der Waals surface area contributed by atoms with E-state index in [1.807, 2.05) is 71.3 Å². The highest BCUT2D eigenvalue weighted by molar-refractivity contribution is 7.86. The third kappa shape index (κ3) is 12.2. The Kier molecular flexibility index (Phi) is 15.1. The molecular formula is C39H54N4O8S2. The lowest BCUT2D eigenvalue weighted by Crippen LogP contribution is -2.58. The summed E-state index contributed by atoms with van der Waals surface area (Å²) in [6.45, 7) is 12.0. The molecule has 0 unspecified atom stereocenters. The van der Waals surface area contributed by atoms with Crippen molar-refractivity contribution in [1.29, 1.82) is 0 Å². The second-order valence-electron chi connectivity index (χ2n) is 14.7. The smallest absolute Gasteiger partial charge is 0.296 e. The molecular weight excluding hydrogens is 717 g/mol. The fourth-order valence-corrected chi connectivity index (χ4v) is 7.87. The summed E-state index contributed by atoms with van der Waals surface area (Å²) in [6.07, 6.45) is 2.21. The van der Waals surface area contributed by atoms with Crippen LogP contribution in [0.25, 0.3) is 10.4 Å². The molecule has 4 atom stereocenters. The SMILES string of the molecule is Cc1ccc(S(=O)(=O)OCCCCCCOCCC(=O)N[C@H](C(=O)N2C[C@H](O)C[C@H]2C(=O)N[C@@H](C)c2ccc(-c3scnc3C)cc2)C(C)(C)C)cc1. The summed E-state index contributed by atoms with van der Waals surface area (Å²) in [5.74, 6) is -1.13. The summed E-state index contributed by atoms with van der Waals surface area (Å²) in [6, 6.07) is 12.3. The van der Waals surface area contributed by atoms with Gasteiger partial charge in [0.25, 0.3) is 10.1 Å². The van der Waals surface area contributed by atoms with Crippen molar-refractivity contribution in [3.63, 3.8) is 0 Å². The normalized spacial score (nSPS) is 17.4. The number of carbonyl (C=O) groups excluding carboxylic acids is 3. The Balaban J connectivity index is 1.19. The predicted octanol–water partition coefficient (Wildman–Crippen LogP) is 5.47. The van der Waals surface area contributed by atoms with Gasteiger partial charge in [-0.25, -0.2) is 4.98 Å². The zero-order chi connectivity index (χ0) is 38.8. The number of benzene rings is 2. The molecule has 1 aliphatic heterocycles. The number of nitrogens with one attached hydrogen (secondary N) is 2. The van der Waals surface area contributed by atoms with E-state index in [2.05, 4.69) is 15.6 Å². The monoisotopic (exact) mass is 770 g/mol. The Labute approximate surface area is 317 Å². The average molecular weight is 771 g/mol. The van der Waals surface area contributed by atoms with E-state index < -0.39 is 39.6 Å². The van der Waals surface area contributed by atoms with Gasteiger partial charge in [-0.15, -0.1) is 11.3 Å². The Hall–Kier alpha value is -3.69. The van der Waals surface area contributed by atoms with Crippen LogP contribution >= 0.6 is 11.3 Å². The third-order valence-electron chi connectivity index (χ3n) is 9.26. The quantitative estimate of drug-likeness (QED) is 0.112. The summed E-state index contributed by atoms with van der Waals surface area (Å²) in [7, 11) is -3.77. The van der Waals surface area contributed by atoms with Crippen LogP contribution in [0.5, 0.6) is 0 Å². The number of rotatable bonds is 18. The van der Waals surface area contributed by atoms with Gasteiger partial charge >= 0.3 is 0 Å². The Morgan fingerprint density at radius 1 is 0.962 bits per heavy atom. The minimum atomic E-state index is -3.77. The van der Waals surface area contributed by atoms with Crippen LogP contribution < -0.4 is 10.6 Å². The highest BCUT2D eigenvalue weighted by atomic mass is 32.2. The molecule has 0 spiro atoms. The van der Waals surface area contributed by atoms with Gasteiger partial charge in [-0.2, -0.15) is 8.42 Å². The zero-order valence-corrected chi connectivity index (χ0v) is 33.2. The van der Waals surface area contributed by atoms with Gasteiger partial charge in [-0.1, -0.05) is 75.6 Å². The Morgan fingerprint density at radius 3 is 2.25 bits per heavy atom. The number of aliphatic hydroxyl groups is 1. The number of ether oxygens (including phenoxy) is 1. The number of aromatic nitrogens is 1. The maximum atomic E-state index is 13.9. The van der Waals surface area contributed by atoms with Crippen molar-refractivity contribution in [2.24, 2.45) is 5.41 Å². The first-order valence-corrected chi connectivity index (χ1v) is 20.5. The summed E-state index contributed by atoms with van der Waals surface area (Å²) < 4.78 is 35.4. The van der Waals surface area contributed by atoms with Gasteiger partial charge in [0.2, 0.25) is 17.7 Å². The van der Waals surface area contributed by atoms with E-state index in [1.165, 1.54) is 17.0 Å². The van der Waals surface area contributed by atoms with Crippen LogP contribution in [0.3, 0.4) is 0 Å². The minimum Gasteiger partial charge on any atom is -0.391 e. The lowest BCUT2D eigenvalue weighted by atomic mass is 9.85. The van der Waals surface area contributed by atoms with Crippen LogP contribution in [0.2, 0.25) is 0 Å². The molecule has 53 heavy (non-hydrogen) atoms. The molecule has 0 bridgehead atoms. The maximum Gasteiger partial charge on any atom is 0.296 e. The maximum absolute atomic E-state index is 13.9. The average Bonchev–Trinajstić information content (AvgIpc) is 3.72. The standard InChI is InChI=1S/C39H54N4O8S2/c1-26-11-17-32(18-12-26)53(48,49)51-21-10-8-7-9-20-50-22-19-34(45)42-36(39(4,5)6)38(47)43-24-31(44)23-33(43)37(46)41-27(2)29-13-15-30(16-14-29)35-28(3)40-25-52-35/h11-18,25,27,31,33,36,44H,7-10,19-24H2,1-6H3,(H,41,46)(H,42,45)/t27-,31+,33-,36+/m0/s1.